The number of carbonyl (C=O) groups excluding carboxylic acids is 1. The van der Waals surface area contributed by atoms with Crippen LogP contribution in [-0.2, 0) is 58.7 Å². The Hall–Kier alpha value is -1.91. The zero-order valence-corrected chi connectivity index (χ0v) is 46.1. The van der Waals surface area contributed by atoms with Crippen molar-refractivity contribution in [2.75, 3.05) is 39.6 Å². The molecular formula is C57H97NO12. The van der Waals surface area contributed by atoms with Crippen LogP contribution in [0.25, 0.3) is 0 Å². The minimum Gasteiger partial charge on any atom is -0.445 e. The summed E-state index contributed by atoms with van der Waals surface area (Å²) in [5, 5.41) is 2.82. The smallest absolute Gasteiger partial charge is 0.407 e. The standard InChI is InChI=1S/C57H97NO12/c1-17-47-36(7)31(2)42(13)53(66-47)61-28-49-38(9)33(4)44(15)55(68-49)63-30-51-40(11)35(6)45(16)56(70-51)64-29-50-39(10)34(5)43(14)54(69-50)62-27-48-37(8)32(3)41(12)52(67-48)60-25-21-24-58-57(59)65-26-46-22-19-18-20-23-46/h18-20,22-23,31-45,47-56H,17,21,24-30H2,1-16H3,(H,58,59)/t31-,32-,33-,34-,35-,36-,37-,38-,39-,40-,41?,42?,43?,44?,45?,47?,48?,49?,50?,51?,52+,53+,54-,55-,56-/m0/s1. The Morgan fingerprint density at radius 3 is 1.09 bits per heavy atom. The van der Waals surface area contributed by atoms with E-state index in [0.29, 0.717) is 93.3 Å². The number of ether oxygens (including phenoxy) is 11. The average molecular weight is 988 g/mol. The molecule has 25 atom stereocenters. The number of alkyl carbamates (subject to hydrolysis) is 1. The molecule has 0 aromatic heterocycles. The van der Waals surface area contributed by atoms with Crippen LogP contribution in [0.5, 0.6) is 0 Å². The Morgan fingerprint density at radius 2 is 0.743 bits per heavy atom. The predicted molar refractivity (Wildman–Crippen MR) is 270 cm³/mol. The van der Waals surface area contributed by atoms with Crippen LogP contribution in [0.4, 0.5) is 4.79 Å². The maximum absolute atomic E-state index is 12.2. The molecular weight excluding hydrogens is 891 g/mol. The number of carbonyl (C=O) groups is 1. The van der Waals surface area contributed by atoms with Gasteiger partial charge in [-0.3, -0.25) is 0 Å². The van der Waals surface area contributed by atoms with Gasteiger partial charge in [0, 0.05) is 36.1 Å². The molecule has 70 heavy (non-hydrogen) atoms. The first-order chi connectivity index (χ1) is 33.3. The molecule has 13 nitrogen and oxygen atoms in total. The van der Waals surface area contributed by atoms with Crippen molar-refractivity contribution in [1.82, 2.24) is 5.32 Å². The molecule has 1 N–H and O–H groups in total. The molecule has 0 saturated carbocycles. The van der Waals surface area contributed by atoms with Crippen molar-refractivity contribution in [2.45, 2.75) is 192 Å². The van der Waals surface area contributed by atoms with Gasteiger partial charge in [-0.2, -0.15) is 0 Å². The Labute approximate surface area is 423 Å². The van der Waals surface area contributed by atoms with Gasteiger partial charge in [0.2, 0.25) is 0 Å². The summed E-state index contributed by atoms with van der Waals surface area (Å²) in [7, 11) is 0. The Bertz CT molecular complexity index is 1690. The summed E-state index contributed by atoms with van der Waals surface area (Å²) in [5.41, 5.74) is 0.949. The van der Waals surface area contributed by atoms with E-state index in [1.54, 1.807) is 0 Å². The van der Waals surface area contributed by atoms with Gasteiger partial charge < -0.3 is 57.4 Å². The topological polar surface area (TPSA) is 131 Å². The lowest BCUT2D eigenvalue weighted by atomic mass is 9.78. The normalized spacial score (nSPS) is 44.7. The van der Waals surface area contributed by atoms with E-state index in [9.17, 15) is 4.79 Å². The van der Waals surface area contributed by atoms with E-state index in [4.69, 9.17) is 52.1 Å². The van der Waals surface area contributed by atoms with Crippen LogP contribution in [0.2, 0.25) is 0 Å². The van der Waals surface area contributed by atoms with E-state index in [2.05, 4.69) is 116 Å². The number of hydrogen-bond acceptors (Lipinski definition) is 12. The van der Waals surface area contributed by atoms with Gasteiger partial charge in [0.15, 0.2) is 31.5 Å². The van der Waals surface area contributed by atoms with Gasteiger partial charge >= 0.3 is 6.09 Å². The zero-order valence-electron chi connectivity index (χ0n) is 46.1. The van der Waals surface area contributed by atoms with E-state index < -0.39 is 18.7 Å². The van der Waals surface area contributed by atoms with Gasteiger partial charge in [0.05, 0.1) is 63.6 Å². The maximum Gasteiger partial charge on any atom is 0.407 e. The van der Waals surface area contributed by atoms with E-state index in [0.717, 1.165) is 12.0 Å². The summed E-state index contributed by atoms with van der Waals surface area (Å²) in [6.45, 7) is 39.0. The molecule has 5 aliphatic rings. The second-order valence-electron chi connectivity index (χ2n) is 23.1. The highest BCUT2D eigenvalue weighted by Gasteiger charge is 2.47. The van der Waals surface area contributed by atoms with E-state index in [-0.39, 0.29) is 97.4 Å². The van der Waals surface area contributed by atoms with Gasteiger partial charge in [-0.15, -0.1) is 0 Å². The fraction of sp³-hybridized carbons (Fsp3) is 0.877. The Balaban J connectivity index is 0.965. The predicted octanol–water partition coefficient (Wildman–Crippen LogP) is 11.0. The first-order valence-electron chi connectivity index (χ1n) is 27.6. The third-order valence-corrected chi connectivity index (χ3v) is 19.1. The summed E-state index contributed by atoms with van der Waals surface area (Å²) >= 11 is 0. The van der Waals surface area contributed by atoms with Crippen molar-refractivity contribution < 1.29 is 56.9 Å². The van der Waals surface area contributed by atoms with E-state index >= 15 is 0 Å². The minimum absolute atomic E-state index is 0.0936. The first kappa shape index (κ1) is 57.4. The van der Waals surface area contributed by atoms with E-state index in [1.165, 1.54) is 0 Å². The molecule has 13 heteroatoms. The lowest BCUT2D eigenvalue weighted by Gasteiger charge is -2.47. The summed E-state index contributed by atoms with van der Waals surface area (Å²) < 4.78 is 71.8. The van der Waals surface area contributed by atoms with Crippen molar-refractivity contribution in [3.05, 3.63) is 35.9 Å². The van der Waals surface area contributed by atoms with Crippen LogP contribution >= 0.6 is 0 Å². The summed E-state index contributed by atoms with van der Waals surface area (Å²) in [6, 6.07) is 9.65. The second-order valence-corrected chi connectivity index (χ2v) is 23.1. The van der Waals surface area contributed by atoms with E-state index in [1.807, 2.05) is 30.3 Å². The number of rotatable bonds is 20. The van der Waals surface area contributed by atoms with Crippen LogP contribution in [0.1, 0.15) is 129 Å². The summed E-state index contributed by atoms with van der Waals surface area (Å²) in [4.78, 5) is 12.2. The molecule has 1 amide bonds. The number of nitrogens with one attached hydrogen (secondary N) is 1. The summed E-state index contributed by atoms with van der Waals surface area (Å²) in [5.74, 6) is 4.67. The number of amides is 1. The highest BCUT2D eigenvalue weighted by Crippen LogP contribution is 2.43. The monoisotopic (exact) mass is 988 g/mol. The molecule has 0 radical (unpaired) electrons. The summed E-state index contributed by atoms with van der Waals surface area (Å²) in [6.07, 6.45) is -0.937. The Morgan fingerprint density at radius 1 is 0.429 bits per heavy atom. The Kier molecular flexibility index (Phi) is 21.7. The fourth-order valence-corrected chi connectivity index (χ4v) is 11.6. The molecule has 6 rings (SSSR count). The van der Waals surface area contributed by atoms with Crippen molar-refractivity contribution in [2.24, 2.45) is 88.8 Å². The van der Waals surface area contributed by atoms with Crippen molar-refractivity contribution >= 4 is 6.09 Å². The van der Waals surface area contributed by atoms with Gasteiger partial charge in [0.25, 0.3) is 0 Å². The molecule has 0 spiro atoms. The van der Waals surface area contributed by atoms with Crippen LogP contribution in [0, 0.1) is 88.8 Å². The molecule has 0 bridgehead atoms. The number of benzene rings is 1. The molecule has 1 aromatic carbocycles. The quantitative estimate of drug-likeness (QED) is 0.125. The second kappa shape index (κ2) is 26.5. The van der Waals surface area contributed by atoms with Gasteiger partial charge in [-0.25, -0.2) is 4.79 Å². The van der Waals surface area contributed by atoms with Crippen molar-refractivity contribution in [1.29, 1.82) is 0 Å². The minimum atomic E-state index is -0.437. The molecule has 1 aromatic rings. The third kappa shape index (κ3) is 14.1. The van der Waals surface area contributed by atoms with Gasteiger partial charge in [0.1, 0.15) is 6.61 Å². The fourth-order valence-electron chi connectivity index (χ4n) is 11.6. The highest BCUT2D eigenvalue weighted by molar-refractivity contribution is 5.67. The lowest BCUT2D eigenvalue weighted by molar-refractivity contribution is -0.315. The molecule has 10 unspecified atom stereocenters. The van der Waals surface area contributed by atoms with Crippen molar-refractivity contribution in [3.8, 4) is 0 Å². The van der Waals surface area contributed by atoms with Gasteiger partial charge in [-0.1, -0.05) is 141 Å². The zero-order chi connectivity index (χ0) is 51.0. The largest absolute Gasteiger partial charge is 0.445 e. The van der Waals surface area contributed by atoms with Crippen LogP contribution in [0.15, 0.2) is 30.3 Å². The molecule has 5 saturated heterocycles. The SMILES string of the molecule is CCC1O[C@@H](OCC2O[C@H](OCC3O[C@H](OCC4O[C@H](OCC5O[C@@H](OCCCNC(=O)OCc6ccccc6)C(C)[C@@H](C)[C@@H]5C)C(C)[C@@H](C)[C@@H]4C)C(C)[C@@H](C)[C@@H]3C)C(C)[C@@H](C)[C@@H]2C)C(C)[C@@H](C)[C@@H]1C. The number of hydrogen-bond donors (Lipinski definition) is 1. The molecule has 0 aliphatic carbocycles. The van der Waals surface area contributed by atoms with Crippen LogP contribution in [0.3, 0.4) is 0 Å². The molecule has 5 heterocycles. The van der Waals surface area contributed by atoms with Crippen LogP contribution < -0.4 is 5.32 Å². The third-order valence-electron chi connectivity index (χ3n) is 19.1. The molecule has 5 aliphatic heterocycles. The maximum atomic E-state index is 12.2. The molecule has 5 fully saturated rings. The highest BCUT2D eigenvalue weighted by atomic mass is 16.7. The lowest BCUT2D eigenvalue weighted by Crippen LogP contribution is -2.53. The van der Waals surface area contributed by atoms with Crippen molar-refractivity contribution in [3.63, 3.8) is 0 Å². The van der Waals surface area contributed by atoms with Crippen LogP contribution in [-0.4, -0.2) is 108 Å². The first-order valence-corrected chi connectivity index (χ1v) is 27.6. The van der Waals surface area contributed by atoms with Gasteiger partial charge in [-0.05, 0) is 77.6 Å². The average Bonchev–Trinajstić information content (AvgIpc) is 3.36. The molecule has 402 valence electrons.